The Balaban J connectivity index is 2.42. The van der Waals surface area contributed by atoms with Gasteiger partial charge in [0.25, 0.3) is 0 Å². The lowest BCUT2D eigenvalue weighted by Gasteiger charge is -2.17. The average molecular weight is 314 g/mol. The van der Waals surface area contributed by atoms with Crippen LogP contribution in [0.1, 0.15) is 29.9 Å². The number of rotatable bonds is 4. The van der Waals surface area contributed by atoms with Gasteiger partial charge >= 0.3 is 0 Å². The number of thiophene rings is 1. The first-order chi connectivity index (χ1) is 8.13. The minimum atomic E-state index is 0.201. The Kier molecular flexibility index (Phi) is 4.01. The molecule has 0 spiro atoms. The monoisotopic (exact) mass is 313 g/mol. The molecule has 0 aliphatic carbocycles. The van der Waals surface area contributed by atoms with Crippen molar-refractivity contribution in [1.82, 2.24) is 15.1 Å². The van der Waals surface area contributed by atoms with Crippen molar-refractivity contribution in [3.05, 3.63) is 38.3 Å². The molecule has 2 heterocycles. The SMILES string of the molecule is CCNC(c1cscc1Br)c1cc(C)nn1C. The topological polar surface area (TPSA) is 29.9 Å². The van der Waals surface area contributed by atoms with Crippen molar-refractivity contribution in [2.24, 2.45) is 7.05 Å². The van der Waals surface area contributed by atoms with Crippen molar-refractivity contribution < 1.29 is 0 Å². The van der Waals surface area contributed by atoms with E-state index in [4.69, 9.17) is 0 Å². The Labute approximate surface area is 114 Å². The second-order valence-electron chi connectivity index (χ2n) is 4.00. The first-order valence-corrected chi connectivity index (χ1v) is 7.32. The predicted octanol–water partition coefficient (Wildman–Crippen LogP) is 3.25. The van der Waals surface area contributed by atoms with E-state index in [2.05, 4.69) is 50.1 Å². The van der Waals surface area contributed by atoms with Crippen LogP contribution in [0, 0.1) is 6.92 Å². The molecule has 17 heavy (non-hydrogen) atoms. The van der Waals surface area contributed by atoms with Gasteiger partial charge in [-0.3, -0.25) is 4.68 Å². The Hall–Kier alpha value is -0.650. The number of nitrogens with one attached hydrogen (secondary N) is 1. The lowest BCUT2D eigenvalue weighted by atomic mass is 10.1. The standard InChI is InChI=1S/C12H16BrN3S/c1-4-14-12(9-6-17-7-10(9)13)11-5-8(2)15-16(11)3/h5-7,12,14H,4H2,1-3H3. The maximum Gasteiger partial charge on any atom is 0.0767 e. The van der Waals surface area contributed by atoms with Crippen LogP contribution in [0.25, 0.3) is 0 Å². The molecule has 0 radical (unpaired) electrons. The molecule has 1 N–H and O–H groups in total. The molecule has 0 bridgehead atoms. The molecule has 0 saturated carbocycles. The van der Waals surface area contributed by atoms with Crippen LogP contribution in [0.3, 0.4) is 0 Å². The molecule has 2 aromatic heterocycles. The Morgan fingerprint density at radius 3 is 2.76 bits per heavy atom. The zero-order valence-corrected chi connectivity index (χ0v) is 12.6. The van der Waals surface area contributed by atoms with E-state index in [1.54, 1.807) is 11.3 Å². The highest BCUT2D eigenvalue weighted by atomic mass is 79.9. The summed E-state index contributed by atoms with van der Waals surface area (Å²) in [6.45, 7) is 5.07. The fourth-order valence-corrected chi connectivity index (χ4v) is 3.53. The number of hydrogen-bond acceptors (Lipinski definition) is 3. The van der Waals surface area contributed by atoms with Gasteiger partial charge in [-0.05, 0) is 46.4 Å². The van der Waals surface area contributed by atoms with E-state index in [9.17, 15) is 0 Å². The van der Waals surface area contributed by atoms with E-state index < -0.39 is 0 Å². The van der Waals surface area contributed by atoms with Gasteiger partial charge in [0, 0.05) is 16.9 Å². The second-order valence-corrected chi connectivity index (χ2v) is 5.60. The van der Waals surface area contributed by atoms with Crippen LogP contribution in [0.15, 0.2) is 21.3 Å². The highest BCUT2D eigenvalue weighted by molar-refractivity contribution is 9.10. The first-order valence-electron chi connectivity index (χ1n) is 5.59. The molecule has 1 unspecified atom stereocenters. The molecule has 2 rings (SSSR count). The van der Waals surface area contributed by atoms with Gasteiger partial charge in [-0.15, -0.1) is 0 Å². The Morgan fingerprint density at radius 1 is 1.53 bits per heavy atom. The second kappa shape index (κ2) is 5.33. The number of nitrogens with zero attached hydrogens (tertiary/aromatic N) is 2. The predicted molar refractivity (Wildman–Crippen MR) is 75.5 cm³/mol. The van der Waals surface area contributed by atoms with Crippen LogP contribution >= 0.6 is 27.3 Å². The molecule has 0 saturated heterocycles. The number of hydrogen-bond donors (Lipinski definition) is 1. The maximum atomic E-state index is 4.42. The van der Waals surface area contributed by atoms with Crippen molar-refractivity contribution in [3.63, 3.8) is 0 Å². The van der Waals surface area contributed by atoms with Crippen molar-refractivity contribution >= 4 is 27.3 Å². The van der Waals surface area contributed by atoms with Crippen LogP contribution in [-0.4, -0.2) is 16.3 Å². The Bertz CT molecular complexity index is 504. The summed E-state index contributed by atoms with van der Waals surface area (Å²) in [7, 11) is 1.99. The summed E-state index contributed by atoms with van der Waals surface area (Å²) in [5.41, 5.74) is 3.53. The van der Waals surface area contributed by atoms with Crippen LogP contribution in [-0.2, 0) is 7.05 Å². The van der Waals surface area contributed by atoms with E-state index in [0.717, 1.165) is 16.7 Å². The molecule has 0 aliphatic rings. The minimum absolute atomic E-state index is 0.201. The third kappa shape index (κ3) is 2.61. The molecule has 0 aromatic carbocycles. The summed E-state index contributed by atoms with van der Waals surface area (Å²) in [6.07, 6.45) is 0. The van der Waals surface area contributed by atoms with Gasteiger partial charge in [0.05, 0.1) is 17.4 Å². The quantitative estimate of drug-likeness (QED) is 0.939. The number of halogens is 1. The molecule has 0 amide bonds. The lowest BCUT2D eigenvalue weighted by molar-refractivity contribution is 0.572. The molecular weight excluding hydrogens is 298 g/mol. The summed E-state index contributed by atoms with van der Waals surface area (Å²) in [5.74, 6) is 0. The van der Waals surface area contributed by atoms with Gasteiger partial charge in [0.1, 0.15) is 0 Å². The van der Waals surface area contributed by atoms with Crippen LogP contribution < -0.4 is 5.32 Å². The lowest BCUT2D eigenvalue weighted by Crippen LogP contribution is -2.24. The highest BCUT2D eigenvalue weighted by Gasteiger charge is 2.20. The molecule has 3 nitrogen and oxygen atoms in total. The molecule has 2 aromatic rings. The highest BCUT2D eigenvalue weighted by Crippen LogP contribution is 2.31. The zero-order valence-electron chi connectivity index (χ0n) is 10.2. The maximum absolute atomic E-state index is 4.42. The summed E-state index contributed by atoms with van der Waals surface area (Å²) < 4.78 is 3.11. The minimum Gasteiger partial charge on any atom is -0.305 e. The largest absolute Gasteiger partial charge is 0.305 e. The first kappa shape index (κ1) is 12.8. The van der Waals surface area contributed by atoms with Crippen molar-refractivity contribution in [3.8, 4) is 0 Å². The van der Waals surface area contributed by atoms with Gasteiger partial charge in [-0.25, -0.2) is 0 Å². The van der Waals surface area contributed by atoms with E-state index in [1.807, 2.05) is 18.7 Å². The van der Waals surface area contributed by atoms with E-state index in [-0.39, 0.29) is 6.04 Å². The smallest absolute Gasteiger partial charge is 0.0767 e. The summed E-state index contributed by atoms with van der Waals surface area (Å²) in [4.78, 5) is 0. The zero-order chi connectivity index (χ0) is 12.4. The molecule has 0 aliphatic heterocycles. The molecular formula is C12H16BrN3S. The van der Waals surface area contributed by atoms with Gasteiger partial charge in [-0.2, -0.15) is 16.4 Å². The van der Waals surface area contributed by atoms with Crippen molar-refractivity contribution in [2.75, 3.05) is 6.54 Å². The molecule has 5 heteroatoms. The number of aryl methyl sites for hydroxylation is 2. The van der Waals surface area contributed by atoms with E-state index in [1.165, 1.54) is 11.3 Å². The third-order valence-corrected chi connectivity index (χ3v) is 4.45. The normalized spacial score (nSPS) is 12.9. The fraction of sp³-hybridized carbons (Fsp3) is 0.417. The molecule has 1 atom stereocenters. The van der Waals surface area contributed by atoms with Gasteiger partial charge in [-0.1, -0.05) is 6.92 Å². The van der Waals surface area contributed by atoms with Crippen LogP contribution in [0.5, 0.6) is 0 Å². The fourth-order valence-electron chi connectivity index (χ4n) is 1.98. The van der Waals surface area contributed by atoms with Crippen molar-refractivity contribution in [1.29, 1.82) is 0 Å². The average Bonchev–Trinajstić information content (AvgIpc) is 2.82. The summed E-state index contributed by atoms with van der Waals surface area (Å²) >= 11 is 5.32. The molecule has 92 valence electrons. The van der Waals surface area contributed by atoms with Crippen molar-refractivity contribution in [2.45, 2.75) is 19.9 Å². The Morgan fingerprint density at radius 2 is 2.29 bits per heavy atom. The van der Waals surface area contributed by atoms with Gasteiger partial charge in [0.15, 0.2) is 0 Å². The van der Waals surface area contributed by atoms with Crippen LogP contribution in [0.4, 0.5) is 0 Å². The van der Waals surface area contributed by atoms with E-state index >= 15 is 0 Å². The van der Waals surface area contributed by atoms with Gasteiger partial charge < -0.3 is 5.32 Å². The van der Waals surface area contributed by atoms with Gasteiger partial charge in [0.2, 0.25) is 0 Å². The summed E-state index contributed by atoms with van der Waals surface area (Å²) in [6, 6.07) is 2.34. The van der Waals surface area contributed by atoms with E-state index in [0.29, 0.717) is 0 Å². The summed E-state index contributed by atoms with van der Waals surface area (Å²) in [5, 5.41) is 12.2. The molecule has 0 fully saturated rings. The van der Waals surface area contributed by atoms with Crippen LogP contribution in [0.2, 0.25) is 0 Å². The number of aromatic nitrogens is 2. The third-order valence-electron chi connectivity index (χ3n) is 2.70.